The molecule has 0 aliphatic carbocycles. The van der Waals surface area contributed by atoms with Gasteiger partial charge in [-0.2, -0.15) is 0 Å². The number of nitrogens with zero attached hydrogens (tertiary/aromatic N) is 2. The molecule has 248 valence electrons. The third-order valence-corrected chi connectivity index (χ3v) is 11.4. The van der Waals surface area contributed by atoms with Gasteiger partial charge >= 0.3 is 0 Å². The van der Waals surface area contributed by atoms with E-state index < -0.39 is 0 Å². The normalized spacial score (nSPS) is 14.8. The van der Waals surface area contributed by atoms with Gasteiger partial charge in [-0.3, -0.25) is 0 Å². The fraction of sp³-hybridized carbons (Fsp3) is 0.174. The number of hydrogen-bond acceptors (Lipinski definition) is 4. The highest BCUT2D eigenvalue weighted by Gasteiger charge is 2.23. The molecule has 50 heavy (non-hydrogen) atoms. The van der Waals surface area contributed by atoms with Crippen LogP contribution in [-0.2, 0) is 0 Å². The van der Waals surface area contributed by atoms with Crippen LogP contribution in [0.25, 0.3) is 44.5 Å². The van der Waals surface area contributed by atoms with Crippen molar-refractivity contribution in [3.8, 4) is 44.5 Å². The largest absolute Gasteiger partial charge is 0.238 e. The zero-order valence-electron chi connectivity index (χ0n) is 29.7. The molecule has 1 fully saturated rings. The lowest BCUT2D eigenvalue weighted by Gasteiger charge is -2.20. The minimum atomic E-state index is 0.970. The summed E-state index contributed by atoms with van der Waals surface area (Å²) in [7, 11) is 0. The topological polar surface area (TPSA) is 24.7 Å². The Kier molecular flexibility index (Phi) is 9.94. The number of benzene rings is 6. The molecular weight excluding hydrogens is 645 g/mol. The van der Waals surface area contributed by atoms with E-state index in [2.05, 4.69) is 163 Å². The van der Waals surface area contributed by atoms with Crippen molar-refractivity contribution in [1.29, 1.82) is 0 Å². The van der Waals surface area contributed by atoms with Crippen molar-refractivity contribution < 1.29 is 0 Å². The van der Waals surface area contributed by atoms with Crippen LogP contribution in [0.2, 0.25) is 0 Å². The molecule has 1 aliphatic heterocycles. The zero-order chi connectivity index (χ0) is 34.8. The molecule has 0 aromatic heterocycles. The maximum Gasteiger partial charge on any atom is 0.129 e. The number of aryl methyl sites for hydroxylation is 6. The van der Waals surface area contributed by atoms with E-state index in [4.69, 9.17) is 9.98 Å². The molecule has 0 spiro atoms. The number of rotatable bonds is 6. The van der Waals surface area contributed by atoms with Crippen molar-refractivity contribution in [3.63, 3.8) is 0 Å². The van der Waals surface area contributed by atoms with Crippen molar-refractivity contribution in [3.05, 3.63) is 155 Å². The predicted molar refractivity (Wildman–Crippen MR) is 222 cm³/mol. The van der Waals surface area contributed by atoms with Crippen molar-refractivity contribution in [2.75, 3.05) is 11.5 Å². The summed E-state index contributed by atoms with van der Waals surface area (Å²) in [4.78, 5) is 11.2. The minimum absolute atomic E-state index is 0.970. The first-order chi connectivity index (χ1) is 24.2. The quantitative estimate of drug-likeness (QED) is 0.174. The van der Waals surface area contributed by atoms with Crippen LogP contribution in [0.4, 0.5) is 11.4 Å². The third kappa shape index (κ3) is 7.43. The zero-order valence-corrected chi connectivity index (χ0v) is 31.3. The second kappa shape index (κ2) is 14.7. The van der Waals surface area contributed by atoms with E-state index in [0.717, 1.165) is 55.2 Å². The Morgan fingerprint density at radius 3 is 0.820 bits per heavy atom. The Balaban J connectivity index is 1.47. The van der Waals surface area contributed by atoms with Crippen molar-refractivity contribution in [2.45, 2.75) is 41.5 Å². The Morgan fingerprint density at radius 2 is 0.580 bits per heavy atom. The van der Waals surface area contributed by atoms with Crippen LogP contribution in [0.1, 0.15) is 33.4 Å². The molecule has 1 aliphatic rings. The van der Waals surface area contributed by atoms with E-state index in [1.165, 1.54) is 55.6 Å². The van der Waals surface area contributed by atoms with Crippen LogP contribution in [0.15, 0.2) is 131 Å². The van der Waals surface area contributed by atoms with Gasteiger partial charge in [-0.05, 0) is 99.2 Å². The van der Waals surface area contributed by atoms with Crippen LogP contribution in [0.5, 0.6) is 0 Å². The van der Waals surface area contributed by atoms with E-state index >= 15 is 0 Å². The molecule has 1 saturated heterocycles. The molecule has 0 amide bonds. The molecule has 1 heterocycles. The summed E-state index contributed by atoms with van der Waals surface area (Å²) in [6.07, 6.45) is 0. The first kappa shape index (κ1) is 33.8. The molecule has 2 nitrogen and oxygen atoms in total. The minimum Gasteiger partial charge on any atom is -0.238 e. The Hall–Kier alpha value is -4.64. The van der Waals surface area contributed by atoms with E-state index in [0.29, 0.717) is 0 Å². The molecule has 0 unspecified atom stereocenters. The summed E-state index contributed by atoms with van der Waals surface area (Å²) in [6, 6.07) is 44.4. The lowest BCUT2D eigenvalue weighted by molar-refractivity contribution is 1.40. The van der Waals surface area contributed by atoms with Gasteiger partial charge in [0.2, 0.25) is 0 Å². The molecule has 0 saturated carbocycles. The Labute approximate surface area is 305 Å². The highest BCUT2D eigenvalue weighted by Crippen LogP contribution is 2.44. The average molecular weight is 687 g/mol. The Bertz CT molecular complexity index is 1930. The summed E-state index contributed by atoms with van der Waals surface area (Å²) in [5, 5.41) is 1.94. The molecule has 7 rings (SSSR count). The van der Waals surface area contributed by atoms with Gasteiger partial charge in [0.1, 0.15) is 10.1 Å². The maximum absolute atomic E-state index is 5.61. The molecule has 6 aromatic rings. The molecule has 0 N–H and O–H groups in total. The van der Waals surface area contributed by atoms with E-state index in [-0.39, 0.29) is 0 Å². The second-order valence-electron chi connectivity index (χ2n) is 13.4. The third-order valence-electron chi connectivity index (χ3n) is 9.13. The summed E-state index contributed by atoms with van der Waals surface area (Å²) in [5.41, 5.74) is 18.6. The first-order valence-electron chi connectivity index (χ1n) is 17.2. The number of thioether (sulfide) groups is 2. The van der Waals surface area contributed by atoms with E-state index in [1.807, 2.05) is 23.5 Å². The Morgan fingerprint density at radius 1 is 0.340 bits per heavy atom. The number of aliphatic imine (C=N–C) groups is 2. The molecule has 0 bridgehead atoms. The molecule has 0 radical (unpaired) electrons. The van der Waals surface area contributed by atoms with Crippen molar-refractivity contribution in [2.24, 2.45) is 9.98 Å². The van der Waals surface area contributed by atoms with Crippen molar-refractivity contribution in [1.82, 2.24) is 0 Å². The standard InChI is InChI=1S/C46H42N2S2/c1-29-7-15-35(16-8-29)39-25-33(5)26-40(36-17-9-30(2)10-18-36)43(39)47-45-46(50-24-23-49-45)48-44-41(37-19-11-31(3)12-20-37)27-34(6)28-42(44)38-21-13-32(4)14-22-38/h7-22,25-28H,23-24H2,1-6H3. The second-order valence-corrected chi connectivity index (χ2v) is 15.6. The van der Waals surface area contributed by atoms with Gasteiger partial charge in [0.15, 0.2) is 0 Å². The summed E-state index contributed by atoms with van der Waals surface area (Å²) in [5.74, 6) is 1.97. The van der Waals surface area contributed by atoms with E-state index in [1.54, 1.807) is 0 Å². The van der Waals surface area contributed by atoms with Gasteiger partial charge in [-0.25, -0.2) is 9.98 Å². The van der Waals surface area contributed by atoms with Crippen molar-refractivity contribution >= 4 is 45.0 Å². The van der Waals surface area contributed by atoms with Crippen LogP contribution in [0.3, 0.4) is 0 Å². The molecular formula is C46H42N2S2. The van der Waals surface area contributed by atoms with Gasteiger partial charge in [-0.15, -0.1) is 23.5 Å². The first-order valence-corrected chi connectivity index (χ1v) is 19.2. The summed E-state index contributed by atoms with van der Waals surface area (Å²) >= 11 is 3.62. The van der Waals surface area contributed by atoms with Gasteiger partial charge in [0.05, 0.1) is 11.4 Å². The van der Waals surface area contributed by atoms with Gasteiger partial charge < -0.3 is 0 Å². The van der Waals surface area contributed by atoms with Gasteiger partial charge in [0.25, 0.3) is 0 Å². The fourth-order valence-electron chi connectivity index (χ4n) is 6.37. The SMILES string of the molecule is Cc1ccc(-c2cc(C)cc(-c3ccc(C)cc3)c2N=C2SCCSC2=Nc2c(-c3ccc(C)cc3)cc(C)cc2-c2ccc(C)cc2)cc1. The highest BCUT2D eigenvalue weighted by atomic mass is 32.2. The maximum atomic E-state index is 5.61. The molecule has 6 aromatic carbocycles. The lowest BCUT2D eigenvalue weighted by atomic mass is 9.93. The highest BCUT2D eigenvalue weighted by molar-refractivity contribution is 8.27. The van der Waals surface area contributed by atoms with Crippen LogP contribution in [-0.4, -0.2) is 21.6 Å². The summed E-state index contributed by atoms with van der Waals surface area (Å²) in [6.45, 7) is 12.9. The number of hydrogen-bond donors (Lipinski definition) is 0. The average Bonchev–Trinajstić information content (AvgIpc) is 3.11. The molecule has 4 heteroatoms. The smallest absolute Gasteiger partial charge is 0.129 e. The summed E-state index contributed by atoms with van der Waals surface area (Å²) < 4.78 is 0. The monoisotopic (exact) mass is 686 g/mol. The van der Waals surface area contributed by atoms with Gasteiger partial charge in [-0.1, -0.05) is 119 Å². The fourth-order valence-corrected chi connectivity index (χ4v) is 8.43. The van der Waals surface area contributed by atoms with Crippen LogP contribution < -0.4 is 0 Å². The predicted octanol–water partition coefficient (Wildman–Crippen LogP) is 13.4. The lowest BCUT2D eigenvalue weighted by Crippen LogP contribution is -2.14. The van der Waals surface area contributed by atoms with Crippen LogP contribution in [0, 0.1) is 41.5 Å². The van der Waals surface area contributed by atoms with Crippen LogP contribution >= 0.6 is 23.5 Å². The molecule has 0 atom stereocenters. The van der Waals surface area contributed by atoms with Gasteiger partial charge in [0, 0.05) is 33.8 Å². The van der Waals surface area contributed by atoms with E-state index in [9.17, 15) is 0 Å².